The number of methoxy groups -OCH3 is 1. The Bertz CT molecular complexity index is 802. The normalized spacial score (nSPS) is 13.1. The lowest BCUT2D eigenvalue weighted by molar-refractivity contribution is -0.146. The highest BCUT2D eigenvalue weighted by atomic mass is 35.5. The number of benzene rings is 2. The van der Waals surface area contributed by atoms with Gasteiger partial charge >= 0.3 is 5.97 Å². The zero-order valence-electron chi connectivity index (χ0n) is 17.5. The highest BCUT2D eigenvalue weighted by Crippen LogP contribution is 2.26. The van der Waals surface area contributed by atoms with Crippen LogP contribution >= 0.6 is 11.6 Å². The van der Waals surface area contributed by atoms with Crippen molar-refractivity contribution in [3.8, 4) is 11.1 Å². The summed E-state index contributed by atoms with van der Waals surface area (Å²) in [5.41, 5.74) is 8.53. The molecule has 0 aliphatic carbocycles. The van der Waals surface area contributed by atoms with Gasteiger partial charge in [0.25, 0.3) is 0 Å². The third kappa shape index (κ3) is 7.69. The van der Waals surface area contributed by atoms with Gasteiger partial charge in [-0.05, 0) is 62.1 Å². The lowest BCUT2D eigenvalue weighted by Gasteiger charge is -2.21. The molecule has 0 spiro atoms. The van der Waals surface area contributed by atoms with Gasteiger partial charge in [-0.2, -0.15) is 0 Å². The first-order chi connectivity index (χ1) is 14.4. The first-order valence-electron chi connectivity index (χ1n) is 10.1. The summed E-state index contributed by atoms with van der Waals surface area (Å²) in [6, 6.07) is 11.3. The molecule has 0 aliphatic rings. The van der Waals surface area contributed by atoms with Crippen molar-refractivity contribution in [1.29, 1.82) is 0 Å². The molecule has 0 amide bonds. The van der Waals surface area contributed by atoms with Crippen molar-refractivity contribution in [3.05, 3.63) is 58.9 Å². The minimum absolute atomic E-state index is 0.233. The third-order valence-electron chi connectivity index (χ3n) is 4.72. The molecule has 2 rings (SSSR count). The van der Waals surface area contributed by atoms with Crippen molar-refractivity contribution in [1.82, 2.24) is 5.32 Å². The number of ether oxygens (including phenoxy) is 2. The average Bonchev–Trinajstić information content (AvgIpc) is 2.73. The lowest BCUT2D eigenvalue weighted by atomic mass is 9.97. The fourth-order valence-corrected chi connectivity index (χ4v) is 3.40. The molecule has 2 aromatic rings. The third-order valence-corrected chi connectivity index (χ3v) is 4.95. The maximum Gasteiger partial charge on any atom is 0.323 e. The van der Waals surface area contributed by atoms with E-state index in [9.17, 15) is 9.18 Å². The van der Waals surface area contributed by atoms with Gasteiger partial charge in [-0.3, -0.25) is 4.79 Å². The second kappa shape index (κ2) is 12.6. The first-order valence-corrected chi connectivity index (χ1v) is 10.5. The number of esters is 1. The van der Waals surface area contributed by atoms with Gasteiger partial charge in [0.15, 0.2) is 0 Å². The predicted octanol–water partition coefficient (Wildman–Crippen LogP) is 3.96. The van der Waals surface area contributed by atoms with E-state index in [1.807, 2.05) is 24.3 Å². The minimum atomic E-state index is -0.461. The van der Waals surface area contributed by atoms with Crippen molar-refractivity contribution in [2.45, 2.75) is 38.3 Å². The van der Waals surface area contributed by atoms with Crippen molar-refractivity contribution in [2.24, 2.45) is 5.73 Å². The van der Waals surface area contributed by atoms with Gasteiger partial charge in [-0.15, -0.1) is 0 Å². The molecule has 5 nitrogen and oxygen atoms in total. The summed E-state index contributed by atoms with van der Waals surface area (Å²) < 4.78 is 24.3. The second-order valence-corrected chi connectivity index (χ2v) is 7.56. The Balaban J connectivity index is 1.98. The summed E-state index contributed by atoms with van der Waals surface area (Å²) in [7, 11) is 1.64. The molecule has 2 aromatic carbocycles. The molecule has 0 radical (unpaired) electrons. The zero-order chi connectivity index (χ0) is 21.9. The van der Waals surface area contributed by atoms with Crippen LogP contribution in [-0.4, -0.2) is 44.9 Å². The van der Waals surface area contributed by atoms with Crippen LogP contribution < -0.4 is 11.1 Å². The van der Waals surface area contributed by atoms with Crippen LogP contribution in [0.4, 0.5) is 4.39 Å². The summed E-state index contributed by atoms with van der Waals surface area (Å²) in [5.74, 6) is -0.613. The van der Waals surface area contributed by atoms with Crippen LogP contribution in [0.3, 0.4) is 0 Å². The molecule has 2 atom stereocenters. The van der Waals surface area contributed by atoms with E-state index in [0.29, 0.717) is 43.2 Å². The smallest absolute Gasteiger partial charge is 0.323 e. The van der Waals surface area contributed by atoms with Gasteiger partial charge < -0.3 is 20.5 Å². The molecule has 0 bridgehead atoms. The van der Waals surface area contributed by atoms with E-state index in [4.69, 9.17) is 26.8 Å². The number of carbonyl (C=O) groups is 1. The Morgan fingerprint density at radius 1 is 1.23 bits per heavy atom. The average molecular weight is 437 g/mol. The van der Waals surface area contributed by atoms with E-state index in [2.05, 4.69) is 5.32 Å². The van der Waals surface area contributed by atoms with Gasteiger partial charge in [0.2, 0.25) is 0 Å². The molecule has 30 heavy (non-hydrogen) atoms. The molecule has 0 heterocycles. The Hall–Kier alpha value is -1.99. The topological polar surface area (TPSA) is 73.6 Å². The van der Waals surface area contributed by atoms with E-state index >= 15 is 0 Å². The van der Waals surface area contributed by atoms with Gasteiger partial charge in [0.1, 0.15) is 11.9 Å². The molecule has 0 aromatic heterocycles. The number of rotatable bonds is 12. The van der Waals surface area contributed by atoms with Crippen LogP contribution in [0.25, 0.3) is 11.1 Å². The largest absolute Gasteiger partial charge is 0.465 e. The fraction of sp³-hybridized carbons (Fsp3) is 0.435. The first kappa shape index (κ1) is 24.3. The molecule has 0 fully saturated rings. The maximum absolute atomic E-state index is 14.1. The van der Waals surface area contributed by atoms with Crippen LogP contribution in [-0.2, 0) is 20.7 Å². The highest BCUT2D eigenvalue weighted by molar-refractivity contribution is 6.30. The number of nitrogens with one attached hydrogen (secondary N) is 1. The molecule has 164 valence electrons. The van der Waals surface area contributed by atoms with Crippen LogP contribution in [0.2, 0.25) is 5.02 Å². The molecule has 0 unspecified atom stereocenters. The van der Waals surface area contributed by atoms with Crippen LogP contribution in [0.1, 0.15) is 25.3 Å². The molecule has 0 saturated carbocycles. The Morgan fingerprint density at radius 2 is 1.97 bits per heavy atom. The summed E-state index contributed by atoms with van der Waals surface area (Å²) >= 11 is 5.98. The molecule has 7 heteroatoms. The number of hydrogen-bond acceptors (Lipinski definition) is 5. The molecular formula is C23H30ClFN2O3. The second-order valence-electron chi connectivity index (χ2n) is 7.13. The minimum Gasteiger partial charge on any atom is -0.465 e. The van der Waals surface area contributed by atoms with Crippen LogP contribution in [0, 0.1) is 5.82 Å². The lowest BCUT2D eigenvalue weighted by Crippen LogP contribution is -2.43. The summed E-state index contributed by atoms with van der Waals surface area (Å²) in [4.78, 5) is 12.2. The highest BCUT2D eigenvalue weighted by Gasteiger charge is 2.22. The van der Waals surface area contributed by atoms with E-state index in [0.717, 1.165) is 17.5 Å². The summed E-state index contributed by atoms with van der Waals surface area (Å²) in [6.45, 7) is 3.37. The van der Waals surface area contributed by atoms with Crippen LogP contribution in [0.15, 0.2) is 42.5 Å². The monoisotopic (exact) mass is 436 g/mol. The Morgan fingerprint density at radius 3 is 2.63 bits per heavy atom. The van der Waals surface area contributed by atoms with E-state index in [-0.39, 0.29) is 17.8 Å². The fourth-order valence-electron chi connectivity index (χ4n) is 3.23. The Kier molecular flexibility index (Phi) is 10.2. The van der Waals surface area contributed by atoms with Crippen molar-refractivity contribution >= 4 is 17.6 Å². The zero-order valence-corrected chi connectivity index (χ0v) is 18.3. The number of nitrogens with two attached hydrogens (primary N) is 1. The van der Waals surface area contributed by atoms with E-state index in [1.165, 1.54) is 12.1 Å². The van der Waals surface area contributed by atoms with Crippen molar-refractivity contribution in [2.75, 3.05) is 26.9 Å². The number of carbonyl (C=O) groups excluding carboxylic acids is 1. The van der Waals surface area contributed by atoms with Crippen molar-refractivity contribution < 1.29 is 18.7 Å². The summed E-state index contributed by atoms with van der Waals surface area (Å²) in [5, 5.41) is 3.70. The quantitative estimate of drug-likeness (QED) is 0.389. The predicted molar refractivity (Wildman–Crippen MR) is 118 cm³/mol. The van der Waals surface area contributed by atoms with E-state index < -0.39 is 6.04 Å². The SMILES string of the molecule is CCOC(=O)[C@@H](C[C@H](N)Cc1ccc(-c2cc(Cl)ccc2F)cc1)NCCCOC. The standard InChI is InChI=1S/C23H30ClFN2O3/c1-3-30-23(28)22(27-11-4-12-29-2)15-19(26)13-16-5-7-17(8-6-16)20-14-18(24)9-10-21(20)25/h5-10,14,19,22,27H,3-4,11-13,15,26H2,1-2H3/t19-,22-/m1/s1. The van der Waals surface area contributed by atoms with Gasteiger partial charge in [-0.25, -0.2) is 4.39 Å². The number of halogens is 2. The van der Waals surface area contributed by atoms with E-state index in [1.54, 1.807) is 20.1 Å². The van der Waals surface area contributed by atoms with Gasteiger partial charge in [0.05, 0.1) is 6.61 Å². The molecular weight excluding hydrogens is 407 g/mol. The molecule has 0 aliphatic heterocycles. The van der Waals surface area contributed by atoms with Gasteiger partial charge in [0, 0.05) is 30.3 Å². The van der Waals surface area contributed by atoms with Crippen LogP contribution in [0.5, 0.6) is 0 Å². The van der Waals surface area contributed by atoms with Gasteiger partial charge in [-0.1, -0.05) is 35.9 Å². The summed E-state index contributed by atoms with van der Waals surface area (Å²) in [6.07, 6.45) is 1.84. The molecule has 3 N–H and O–H groups in total. The van der Waals surface area contributed by atoms with Crippen molar-refractivity contribution in [3.63, 3.8) is 0 Å². The molecule has 0 saturated heterocycles. The number of hydrogen-bond donors (Lipinski definition) is 2. The Labute approximate surface area is 182 Å². The maximum atomic E-state index is 14.1.